The Morgan fingerprint density at radius 2 is 2.29 bits per heavy atom. The van der Waals surface area contributed by atoms with Crippen LogP contribution in [0.15, 0.2) is 22.9 Å². The van der Waals surface area contributed by atoms with Crippen LogP contribution in [0.3, 0.4) is 0 Å². The number of hydrogen-bond donors (Lipinski definition) is 1. The highest BCUT2D eigenvalue weighted by Gasteiger charge is 2.24. The second-order valence-corrected chi connectivity index (χ2v) is 4.02. The van der Waals surface area contributed by atoms with Gasteiger partial charge in [0.25, 0.3) is 4.60 Å². The fourth-order valence-electron chi connectivity index (χ4n) is 1.54. The van der Waals surface area contributed by atoms with Crippen LogP contribution in [0.25, 0.3) is 0 Å². The molecule has 74 valence electrons. The predicted octanol–water partition coefficient (Wildman–Crippen LogP) is 1.10. The van der Waals surface area contributed by atoms with Crippen LogP contribution in [0.5, 0.6) is 0 Å². The second-order valence-electron chi connectivity index (χ2n) is 3.20. The van der Waals surface area contributed by atoms with E-state index in [1.165, 1.54) is 6.20 Å². The maximum atomic E-state index is 11.4. The number of anilines is 1. The van der Waals surface area contributed by atoms with E-state index in [2.05, 4.69) is 15.9 Å². The summed E-state index contributed by atoms with van der Waals surface area (Å²) in [4.78, 5) is 13.1. The quantitative estimate of drug-likeness (QED) is 0.465. The lowest BCUT2D eigenvalue weighted by molar-refractivity contribution is -0.912. The lowest BCUT2D eigenvalue weighted by atomic mass is 10.4. The summed E-state index contributed by atoms with van der Waals surface area (Å²) in [6.07, 6.45) is 3.01. The SMILES string of the molecule is O=C1CCCN1c1ccc(Br)[n+](O)c1. The van der Waals surface area contributed by atoms with Crippen LogP contribution in [0.2, 0.25) is 0 Å². The molecule has 0 bridgehead atoms. The van der Waals surface area contributed by atoms with Crippen molar-refractivity contribution in [2.24, 2.45) is 0 Å². The van der Waals surface area contributed by atoms with Gasteiger partial charge in [-0.05, 0) is 12.5 Å². The van der Waals surface area contributed by atoms with Crippen molar-refractivity contribution in [1.29, 1.82) is 0 Å². The Morgan fingerprint density at radius 1 is 1.50 bits per heavy atom. The summed E-state index contributed by atoms with van der Waals surface area (Å²) in [6, 6.07) is 3.51. The molecule has 0 aromatic carbocycles. The van der Waals surface area contributed by atoms with Gasteiger partial charge in [-0.25, -0.2) is 0 Å². The Kier molecular flexibility index (Phi) is 2.41. The molecular weight excluding hydrogens is 248 g/mol. The number of aromatic nitrogens is 1. The van der Waals surface area contributed by atoms with Crippen LogP contribution in [0.1, 0.15) is 12.8 Å². The van der Waals surface area contributed by atoms with Gasteiger partial charge in [0.05, 0.1) is 0 Å². The van der Waals surface area contributed by atoms with E-state index in [1.54, 1.807) is 17.0 Å². The minimum absolute atomic E-state index is 0.118. The maximum absolute atomic E-state index is 11.4. The third kappa shape index (κ3) is 1.59. The van der Waals surface area contributed by atoms with Crippen molar-refractivity contribution in [3.05, 3.63) is 22.9 Å². The first-order valence-electron chi connectivity index (χ1n) is 4.39. The number of rotatable bonds is 1. The maximum Gasteiger partial charge on any atom is 0.298 e. The zero-order chi connectivity index (χ0) is 10.1. The molecule has 0 saturated carbocycles. The van der Waals surface area contributed by atoms with Crippen molar-refractivity contribution >= 4 is 27.5 Å². The van der Waals surface area contributed by atoms with Crippen molar-refractivity contribution in [3.63, 3.8) is 0 Å². The second kappa shape index (κ2) is 3.57. The molecule has 0 spiro atoms. The van der Waals surface area contributed by atoms with E-state index in [9.17, 15) is 10.0 Å². The minimum Gasteiger partial charge on any atom is -0.307 e. The molecule has 0 atom stereocenters. The highest BCUT2D eigenvalue weighted by molar-refractivity contribution is 9.10. The molecular formula is C9H10BrN2O2+. The third-order valence-electron chi connectivity index (χ3n) is 2.25. The van der Waals surface area contributed by atoms with Gasteiger partial charge in [0.2, 0.25) is 12.1 Å². The molecule has 2 rings (SSSR count). The topological polar surface area (TPSA) is 44.4 Å². The first kappa shape index (κ1) is 9.45. The lowest BCUT2D eigenvalue weighted by Crippen LogP contribution is -2.34. The van der Waals surface area contributed by atoms with Gasteiger partial charge >= 0.3 is 0 Å². The van der Waals surface area contributed by atoms with Gasteiger partial charge in [0.1, 0.15) is 5.69 Å². The Hall–Kier alpha value is -1.10. The highest BCUT2D eigenvalue weighted by atomic mass is 79.9. The monoisotopic (exact) mass is 257 g/mol. The van der Waals surface area contributed by atoms with Crippen molar-refractivity contribution in [3.8, 4) is 0 Å². The number of amides is 1. The summed E-state index contributed by atoms with van der Waals surface area (Å²) in [5.41, 5.74) is 0.734. The van der Waals surface area contributed by atoms with Crippen molar-refractivity contribution in [2.45, 2.75) is 12.8 Å². The summed E-state index contributed by atoms with van der Waals surface area (Å²) in [5, 5.41) is 9.38. The first-order chi connectivity index (χ1) is 6.68. The Morgan fingerprint density at radius 3 is 2.86 bits per heavy atom. The van der Waals surface area contributed by atoms with E-state index in [1.807, 2.05) is 0 Å². The van der Waals surface area contributed by atoms with Crippen LogP contribution >= 0.6 is 15.9 Å². The normalized spacial score (nSPS) is 16.4. The Bertz CT molecular complexity index is 381. The number of nitrogens with zero attached hydrogens (tertiary/aromatic N) is 2. The van der Waals surface area contributed by atoms with Gasteiger partial charge in [-0.15, -0.1) is 0 Å². The summed E-state index contributed by atoms with van der Waals surface area (Å²) < 4.78 is 1.52. The van der Waals surface area contributed by atoms with Crippen molar-refractivity contribution in [2.75, 3.05) is 11.4 Å². The zero-order valence-corrected chi connectivity index (χ0v) is 9.07. The molecule has 1 fully saturated rings. The minimum atomic E-state index is 0.118. The van der Waals surface area contributed by atoms with E-state index < -0.39 is 0 Å². The van der Waals surface area contributed by atoms with E-state index in [0.717, 1.165) is 23.4 Å². The molecule has 1 aromatic heterocycles. The smallest absolute Gasteiger partial charge is 0.298 e. The van der Waals surface area contributed by atoms with Crippen molar-refractivity contribution in [1.82, 2.24) is 0 Å². The summed E-state index contributed by atoms with van der Waals surface area (Å²) in [5.74, 6) is 0.118. The molecule has 1 aliphatic rings. The number of hydrogen-bond acceptors (Lipinski definition) is 2. The molecule has 2 heterocycles. The standard InChI is InChI=1S/C9H10BrN2O2/c10-8-4-3-7(6-12(8)14)11-5-1-2-9(11)13/h3-4,6,14H,1-2,5H2/q+1. The van der Waals surface area contributed by atoms with E-state index in [-0.39, 0.29) is 5.91 Å². The van der Waals surface area contributed by atoms with Crippen LogP contribution in [-0.2, 0) is 4.79 Å². The Labute approximate surface area is 89.9 Å². The highest BCUT2D eigenvalue weighted by Crippen LogP contribution is 2.20. The molecule has 1 saturated heterocycles. The molecule has 1 N–H and O–H groups in total. The number of carbonyl (C=O) groups excluding carboxylic acids is 1. The molecule has 0 unspecified atom stereocenters. The number of halogens is 1. The summed E-state index contributed by atoms with van der Waals surface area (Å²) >= 11 is 3.16. The molecule has 5 heteroatoms. The summed E-state index contributed by atoms with van der Waals surface area (Å²) in [6.45, 7) is 0.737. The first-order valence-corrected chi connectivity index (χ1v) is 5.18. The van der Waals surface area contributed by atoms with Gasteiger partial charge in [-0.3, -0.25) is 10.0 Å². The van der Waals surface area contributed by atoms with Crippen molar-refractivity contribution < 1.29 is 14.7 Å². The third-order valence-corrected chi connectivity index (χ3v) is 2.88. The molecule has 4 nitrogen and oxygen atoms in total. The van der Waals surface area contributed by atoms with Gasteiger partial charge in [-0.1, -0.05) is 0 Å². The molecule has 14 heavy (non-hydrogen) atoms. The fraction of sp³-hybridized carbons (Fsp3) is 0.333. The summed E-state index contributed by atoms with van der Waals surface area (Å²) in [7, 11) is 0. The van der Waals surface area contributed by atoms with Crippen LogP contribution in [-0.4, -0.2) is 17.7 Å². The van der Waals surface area contributed by atoms with Crippen LogP contribution in [0, 0.1) is 0 Å². The molecule has 1 aromatic rings. The van der Waals surface area contributed by atoms with Gasteiger partial charge in [0.15, 0.2) is 0 Å². The largest absolute Gasteiger partial charge is 0.307 e. The van der Waals surface area contributed by atoms with E-state index in [4.69, 9.17) is 0 Å². The zero-order valence-electron chi connectivity index (χ0n) is 7.48. The number of carbonyl (C=O) groups is 1. The number of pyridine rings is 1. The average molecular weight is 258 g/mol. The molecule has 0 aliphatic carbocycles. The van der Waals surface area contributed by atoms with Gasteiger partial charge in [-0.2, -0.15) is 0 Å². The molecule has 0 radical (unpaired) electrons. The van der Waals surface area contributed by atoms with Crippen LogP contribution < -0.4 is 9.63 Å². The molecule has 1 amide bonds. The Balaban J connectivity index is 2.32. The molecule has 1 aliphatic heterocycles. The average Bonchev–Trinajstić information content (AvgIpc) is 2.57. The fourth-order valence-corrected chi connectivity index (χ4v) is 1.78. The lowest BCUT2D eigenvalue weighted by Gasteiger charge is -2.12. The van der Waals surface area contributed by atoms with E-state index in [0.29, 0.717) is 11.0 Å². The van der Waals surface area contributed by atoms with Gasteiger partial charge in [0, 0.05) is 39.7 Å². The predicted molar refractivity (Wildman–Crippen MR) is 53.1 cm³/mol. The van der Waals surface area contributed by atoms with E-state index >= 15 is 0 Å². The van der Waals surface area contributed by atoms with Gasteiger partial charge < -0.3 is 4.90 Å². The van der Waals surface area contributed by atoms with Crippen LogP contribution in [0.4, 0.5) is 5.69 Å².